The molecule has 12 nitrogen and oxygen atoms in total. The number of nitrogens with zero attached hydrogens (tertiary/aromatic N) is 2. The summed E-state index contributed by atoms with van der Waals surface area (Å²) in [6.45, 7) is 3.56. The third kappa shape index (κ3) is 8.83. The molecule has 0 saturated carbocycles. The van der Waals surface area contributed by atoms with Crippen LogP contribution in [-0.4, -0.2) is 70.4 Å². The molecule has 2 fully saturated rings. The zero-order valence-electron chi connectivity index (χ0n) is 30.3. The number of carbonyl (C=O) groups is 6. The third-order valence-corrected chi connectivity index (χ3v) is 9.77. The lowest BCUT2D eigenvalue weighted by Gasteiger charge is -2.28. The first-order chi connectivity index (χ1) is 26.1. The standard InChI is InChI=1S/C42H44N6O6/c1-27(49)43-37(31-11-5-3-6-12-31)41(53)47-25-9-15-35(47)39(51)45-33-21-17-29(18-22-33)30-19-23-34(24-20-30)46-40(52)36-16-10-26-48(36)42(54)38(44-28(2)50)32-13-7-4-8-14-32/h3-8,11-14,17-24,35-38H,9-10,15-16,25-26H2,1-2H3,(H,43,49)(H,44,50)(H,45,51)(H,46,52)/t35-,36-,37+,38+/m0/s1. The zero-order chi connectivity index (χ0) is 38.2. The van der Waals surface area contributed by atoms with Crippen LogP contribution < -0.4 is 21.3 Å². The van der Waals surface area contributed by atoms with E-state index >= 15 is 0 Å². The second-order valence-corrected chi connectivity index (χ2v) is 13.6. The Bertz CT molecular complexity index is 1840. The quantitative estimate of drug-likeness (QED) is 0.171. The van der Waals surface area contributed by atoms with Gasteiger partial charge in [0.1, 0.15) is 24.2 Å². The van der Waals surface area contributed by atoms with Crippen molar-refractivity contribution in [2.24, 2.45) is 0 Å². The Hall–Kier alpha value is -6.30. The van der Waals surface area contributed by atoms with Crippen LogP contribution in [0.15, 0.2) is 109 Å². The highest BCUT2D eigenvalue weighted by Crippen LogP contribution is 2.28. The molecule has 0 unspecified atom stereocenters. The molecule has 4 aromatic rings. The van der Waals surface area contributed by atoms with E-state index < -0.39 is 24.2 Å². The Morgan fingerprint density at radius 1 is 0.519 bits per heavy atom. The highest BCUT2D eigenvalue weighted by molar-refractivity contribution is 6.00. The second kappa shape index (κ2) is 17.0. The summed E-state index contributed by atoms with van der Waals surface area (Å²) in [6, 6.07) is 29.6. The van der Waals surface area contributed by atoms with E-state index in [0.29, 0.717) is 61.3 Å². The maximum atomic E-state index is 13.6. The molecule has 4 atom stereocenters. The molecular weight excluding hydrogens is 684 g/mol. The van der Waals surface area contributed by atoms with Crippen LogP contribution in [0.4, 0.5) is 11.4 Å². The lowest BCUT2D eigenvalue weighted by Crippen LogP contribution is -2.48. The maximum Gasteiger partial charge on any atom is 0.250 e. The summed E-state index contributed by atoms with van der Waals surface area (Å²) in [7, 11) is 0. The number of benzene rings is 4. The number of likely N-dealkylation sites (tertiary alicyclic amines) is 2. The van der Waals surface area contributed by atoms with Gasteiger partial charge in [0.25, 0.3) is 0 Å². The fourth-order valence-electron chi connectivity index (χ4n) is 7.15. The van der Waals surface area contributed by atoms with Crippen molar-refractivity contribution in [2.45, 2.75) is 63.7 Å². The van der Waals surface area contributed by atoms with Crippen LogP contribution in [0.25, 0.3) is 11.1 Å². The molecule has 6 amide bonds. The van der Waals surface area contributed by atoms with Crippen molar-refractivity contribution in [1.29, 1.82) is 0 Å². The highest BCUT2D eigenvalue weighted by atomic mass is 16.2. The predicted octanol–water partition coefficient (Wildman–Crippen LogP) is 4.97. The number of hydrogen-bond acceptors (Lipinski definition) is 6. The van der Waals surface area contributed by atoms with Crippen molar-refractivity contribution in [3.8, 4) is 11.1 Å². The molecule has 0 aromatic heterocycles. The second-order valence-electron chi connectivity index (χ2n) is 13.6. The molecule has 0 radical (unpaired) electrons. The topological polar surface area (TPSA) is 157 Å². The van der Waals surface area contributed by atoms with Gasteiger partial charge in [0.15, 0.2) is 0 Å². The summed E-state index contributed by atoms with van der Waals surface area (Å²) in [6.07, 6.45) is 2.37. The molecule has 2 aliphatic heterocycles. The van der Waals surface area contributed by atoms with Crippen molar-refractivity contribution < 1.29 is 28.8 Å². The summed E-state index contributed by atoms with van der Waals surface area (Å²) in [5, 5.41) is 11.4. The van der Waals surface area contributed by atoms with Gasteiger partial charge in [-0.05, 0) is 72.2 Å². The van der Waals surface area contributed by atoms with Gasteiger partial charge in [-0.15, -0.1) is 0 Å². The lowest BCUT2D eigenvalue weighted by atomic mass is 10.0. The van der Waals surface area contributed by atoms with Crippen LogP contribution in [0.5, 0.6) is 0 Å². The fraction of sp³-hybridized carbons (Fsp3) is 0.286. The summed E-state index contributed by atoms with van der Waals surface area (Å²) >= 11 is 0. The van der Waals surface area contributed by atoms with E-state index in [9.17, 15) is 28.8 Å². The molecule has 4 N–H and O–H groups in total. The first-order valence-electron chi connectivity index (χ1n) is 18.2. The average molecular weight is 729 g/mol. The average Bonchev–Trinajstić information content (AvgIpc) is 3.88. The van der Waals surface area contributed by atoms with E-state index in [0.717, 1.165) is 11.1 Å². The molecule has 278 valence electrons. The maximum absolute atomic E-state index is 13.6. The number of amides is 6. The molecule has 6 rings (SSSR count). The summed E-state index contributed by atoms with van der Waals surface area (Å²) < 4.78 is 0. The van der Waals surface area contributed by atoms with Gasteiger partial charge in [0.2, 0.25) is 35.4 Å². The van der Waals surface area contributed by atoms with Gasteiger partial charge in [-0.25, -0.2) is 0 Å². The van der Waals surface area contributed by atoms with E-state index in [1.807, 2.05) is 36.4 Å². The van der Waals surface area contributed by atoms with Crippen LogP contribution in [0.2, 0.25) is 0 Å². The van der Waals surface area contributed by atoms with Crippen molar-refractivity contribution in [3.63, 3.8) is 0 Å². The first-order valence-corrected chi connectivity index (χ1v) is 18.2. The number of hydrogen-bond donors (Lipinski definition) is 4. The smallest absolute Gasteiger partial charge is 0.250 e. The Morgan fingerprint density at radius 3 is 1.20 bits per heavy atom. The normalized spacial score (nSPS) is 17.6. The molecule has 0 spiro atoms. The zero-order valence-corrected chi connectivity index (χ0v) is 30.3. The van der Waals surface area contributed by atoms with Gasteiger partial charge >= 0.3 is 0 Å². The van der Waals surface area contributed by atoms with E-state index in [1.165, 1.54) is 13.8 Å². The molecule has 54 heavy (non-hydrogen) atoms. The number of nitrogens with one attached hydrogen (secondary N) is 4. The SMILES string of the molecule is CC(=O)N[C@@H](C(=O)N1CCC[C@H]1C(=O)Nc1ccc(-c2ccc(NC(=O)[C@@H]3CCCN3C(=O)[C@H](NC(C)=O)c3ccccc3)cc2)cc1)c1ccccc1. The fourth-order valence-corrected chi connectivity index (χ4v) is 7.15. The Morgan fingerprint density at radius 2 is 0.870 bits per heavy atom. The Kier molecular flexibility index (Phi) is 11.8. The van der Waals surface area contributed by atoms with Gasteiger partial charge < -0.3 is 31.1 Å². The van der Waals surface area contributed by atoms with E-state index in [4.69, 9.17) is 0 Å². The van der Waals surface area contributed by atoms with Gasteiger partial charge in [0.05, 0.1) is 0 Å². The van der Waals surface area contributed by atoms with Crippen molar-refractivity contribution in [2.75, 3.05) is 23.7 Å². The lowest BCUT2D eigenvalue weighted by molar-refractivity contribution is -0.140. The van der Waals surface area contributed by atoms with Crippen molar-refractivity contribution >= 4 is 46.8 Å². The third-order valence-electron chi connectivity index (χ3n) is 9.77. The van der Waals surface area contributed by atoms with Crippen LogP contribution in [-0.2, 0) is 28.8 Å². The van der Waals surface area contributed by atoms with Crippen LogP contribution in [0.3, 0.4) is 0 Å². The van der Waals surface area contributed by atoms with Crippen molar-refractivity contribution in [3.05, 3.63) is 120 Å². The number of carbonyl (C=O) groups excluding carboxylic acids is 6. The molecule has 0 aliphatic carbocycles. The minimum absolute atomic E-state index is 0.295. The highest BCUT2D eigenvalue weighted by Gasteiger charge is 2.39. The summed E-state index contributed by atoms with van der Waals surface area (Å²) in [5.74, 6) is -1.90. The molecule has 12 heteroatoms. The predicted molar refractivity (Wildman–Crippen MR) is 205 cm³/mol. The van der Waals surface area contributed by atoms with Crippen LogP contribution in [0.1, 0.15) is 62.7 Å². The molecule has 0 bridgehead atoms. The van der Waals surface area contributed by atoms with E-state index in [1.54, 1.807) is 82.6 Å². The van der Waals surface area contributed by atoms with E-state index in [-0.39, 0.29) is 35.4 Å². The molecule has 2 heterocycles. The van der Waals surface area contributed by atoms with Gasteiger partial charge in [-0.2, -0.15) is 0 Å². The van der Waals surface area contributed by atoms with Crippen LogP contribution in [0, 0.1) is 0 Å². The minimum Gasteiger partial charge on any atom is -0.341 e. The first kappa shape index (κ1) is 37.5. The van der Waals surface area contributed by atoms with Gasteiger partial charge in [0, 0.05) is 38.3 Å². The Labute approximate surface area is 314 Å². The largest absolute Gasteiger partial charge is 0.341 e. The number of anilines is 2. The summed E-state index contributed by atoms with van der Waals surface area (Å²) in [5.41, 5.74) is 4.25. The molecule has 4 aromatic carbocycles. The monoisotopic (exact) mass is 728 g/mol. The molecular formula is C42H44N6O6. The Balaban J connectivity index is 1.06. The van der Waals surface area contributed by atoms with Gasteiger partial charge in [-0.1, -0.05) is 84.9 Å². The van der Waals surface area contributed by atoms with Crippen LogP contribution >= 0.6 is 0 Å². The summed E-state index contributed by atoms with van der Waals surface area (Å²) in [4.78, 5) is 81.1. The molecule has 2 saturated heterocycles. The van der Waals surface area contributed by atoms with Gasteiger partial charge in [-0.3, -0.25) is 28.8 Å². The molecule has 2 aliphatic rings. The minimum atomic E-state index is -0.883. The number of rotatable bonds is 11. The van der Waals surface area contributed by atoms with Crippen molar-refractivity contribution in [1.82, 2.24) is 20.4 Å². The van der Waals surface area contributed by atoms with E-state index in [2.05, 4.69) is 21.3 Å².